The van der Waals surface area contributed by atoms with Crippen molar-refractivity contribution < 1.29 is 4.74 Å². The van der Waals surface area contributed by atoms with E-state index in [9.17, 15) is 0 Å². The van der Waals surface area contributed by atoms with Crippen molar-refractivity contribution in [3.8, 4) is 5.75 Å². The van der Waals surface area contributed by atoms with Crippen LogP contribution in [-0.2, 0) is 6.61 Å². The molecule has 0 unspecified atom stereocenters. The maximum Gasteiger partial charge on any atom is 0.140 e. The summed E-state index contributed by atoms with van der Waals surface area (Å²) in [6.45, 7) is 0.171. The van der Waals surface area contributed by atoms with Crippen LogP contribution in [-0.4, -0.2) is 4.98 Å². The largest absolute Gasteiger partial charge is 0.486 e. The highest BCUT2D eigenvalue weighted by molar-refractivity contribution is 6.42. The molecule has 0 spiro atoms. The lowest BCUT2D eigenvalue weighted by Crippen LogP contribution is -2.02. The van der Waals surface area contributed by atoms with Gasteiger partial charge in [-0.05, 0) is 24.3 Å². The number of hydrogen-bond donors (Lipinski definition) is 1. The van der Waals surface area contributed by atoms with Crippen molar-refractivity contribution in [2.45, 2.75) is 6.61 Å². The Morgan fingerprint density at radius 2 is 1.83 bits per heavy atom. The first kappa shape index (κ1) is 13.3. The maximum absolute atomic E-state index is 6.00. The highest BCUT2D eigenvalue weighted by Gasteiger charge is 2.08. The predicted molar refractivity (Wildman–Crippen MR) is 74.5 cm³/mol. The number of nitrogen functional groups attached to an aromatic ring is 1. The fourth-order valence-electron chi connectivity index (χ4n) is 1.34. The Labute approximate surface area is 119 Å². The SMILES string of the molecule is Nc1ccc(Cl)c(COc2cccc(Cl)c2Cl)n1. The van der Waals surface area contributed by atoms with Crippen molar-refractivity contribution in [1.82, 2.24) is 4.98 Å². The minimum Gasteiger partial charge on any atom is -0.486 e. The normalized spacial score (nSPS) is 10.4. The third-order valence-electron chi connectivity index (χ3n) is 2.22. The number of benzene rings is 1. The number of pyridine rings is 1. The van der Waals surface area contributed by atoms with Crippen molar-refractivity contribution >= 4 is 40.6 Å². The number of nitrogens with zero attached hydrogens (tertiary/aromatic N) is 1. The number of halogens is 3. The monoisotopic (exact) mass is 302 g/mol. The standard InChI is InChI=1S/C12H9Cl3N2O/c13-7-4-5-11(16)17-9(7)6-18-10-3-1-2-8(14)12(10)15/h1-5H,6H2,(H2,16,17). The molecule has 0 atom stereocenters. The average Bonchev–Trinajstić information content (AvgIpc) is 2.35. The summed E-state index contributed by atoms with van der Waals surface area (Å²) in [4.78, 5) is 4.08. The Morgan fingerprint density at radius 3 is 2.61 bits per heavy atom. The van der Waals surface area contributed by atoms with Gasteiger partial charge in [-0.1, -0.05) is 40.9 Å². The zero-order valence-electron chi connectivity index (χ0n) is 9.16. The van der Waals surface area contributed by atoms with Crippen LogP contribution in [0.1, 0.15) is 5.69 Å². The lowest BCUT2D eigenvalue weighted by molar-refractivity contribution is 0.302. The van der Waals surface area contributed by atoms with Gasteiger partial charge in [-0.2, -0.15) is 0 Å². The van der Waals surface area contributed by atoms with Gasteiger partial charge in [-0.3, -0.25) is 0 Å². The van der Waals surface area contributed by atoms with Gasteiger partial charge in [0, 0.05) is 0 Å². The first-order valence-corrected chi connectivity index (χ1v) is 6.19. The second-order valence-corrected chi connectivity index (χ2v) is 4.70. The lowest BCUT2D eigenvalue weighted by Gasteiger charge is -2.09. The van der Waals surface area contributed by atoms with Crippen molar-refractivity contribution in [2.24, 2.45) is 0 Å². The van der Waals surface area contributed by atoms with E-state index in [0.717, 1.165) is 0 Å². The molecule has 0 fully saturated rings. The summed E-state index contributed by atoms with van der Waals surface area (Å²) in [5.41, 5.74) is 6.13. The Hall–Kier alpha value is -1.16. The Kier molecular flexibility index (Phi) is 4.17. The van der Waals surface area contributed by atoms with E-state index in [1.165, 1.54) is 0 Å². The van der Waals surface area contributed by atoms with Crippen LogP contribution in [0, 0.1) is 0 Å². The Morgan fingerprint density at radius 1 is 1.06 bits per heavy atom. The molecule has 6 heteroatoms. The zero-order chi connectivity index (χ0) is 13.1. The van der Waals surface area contributed by atoms with E-state index in [1.807, 2.05) is 0 Å². The van der Waals surface area contributed by atoms with E-state index < -0.39 is 0 Å². The van der Waals surface area contributed by atoms with Crippen LogP contribution in [0.3, 0.4) is 0 Å². The molecule has 1 aromatic carbocycles. The summed E-state index contributed by atoms with van der Waals surface area (Å²) < 4.78 is 5.52. The third-order valence-corrected chi connectivity index (χ3v) is 3.37. The van der Waals surface area contributed by atoms with E-state index in [2.05, 4.69) is 4.98 Å². The minimum atomic E-state index is 0.171. The maximum atomic E-state index is 6.00. The molecule has 0 aliphatic carbocycles. The summed E-state index contributed by atoms with van der Waals surface area (Å²) in [6, 6.07) is 8.44. The van der Waals surface area contributed by atoms with Crippen LogP contribution in [0.25, 0.3) is 0 Å². The highest BCUT2D eigenvalue weighted by Crippen LogP contribution is 2.32. The van der Waals surface area contributed by atoms with Gasteiger partial charge >= 0.3 is 0 Å². The topological polar surface area (TPSA) is 48.1 Å². The predicted octanol–water partition coefficient (Wildman–Crippen LogP) is 4.20. The van der Waals surface area contributed by atoms with Crippen molar-refractivity contribution in [3.05, 3.63) is 51.1 Å². The molecule has 0 bridgehead atoms. The smallest absolute Gasteiger partial charge is 0.140 e. The van der Waals surface area contributed by atoms with Gasteiger partial charge in [0.05, 0.1) is 15.7 Å². The second-order valence-electron chi connectivity index (χ2n) is 3.51. The number of rotatable bonds is 3. The Bertz CT molecular complexity index is 573. The molecule has 1 heterocycles. The molecule has 0 aliphatic rings. The fourth-order valence-corrected chi connectivity index (χ4v) is 1.85. The van der Waals surface area contributed by atoms with Crippen molar-refractivity contribution in [2.75, 3.05) is 5.73 Å². The van der Waals surface area contributed by atoms with Crippen LogP contribution < -0.4 is 10.5 Å². The zero-order valence-corrected chi connectivity index (χ0v) is 11.4. The molecule has 18 heavy (non-hydrogen) atoms. The van der Waals surface area contributed by atoms with Gasteiger partial charge in [-0.25, -0.2) is 4.98 Å². The minimum absolute atomic E-state index is 0.171. The van der Waals surface area contributed by atoms with Crippen LogP contribution >= 0.6 is 34.8 Å². The molecule has 1 aromatic heterocycles. The number of hydrogen-bond acceptors (Lipinski definition) is 3. The lowest BCUT2D eigenvalue weighted by atomic mass is 10.3. The van der Waals surface area contributed by atoms with E-state index in [4.69, 9.17) is 45.3 Å². The van der Waals surface area contributed by atoms with Gasteiger partial charge in [0.15, 0.2) is 0 Å². The number of ether oxygens (including phenoxy) is 1. The first-order valence-electron chi connectivity index (χ1n) is 5.05. The van der Waals surface area contributed by atoms with Gasteiger partial charge < -0.3 is 10.5 Å². The van der Waals surface area contributed by atoms with Crippen molar-refractivity contribution in [1.29, 1.82) is 0 Å². The molecule has 94 valence electrons. The molecule has 0 aliphatic heterocycles. The molecular formula is C12H9Cl3N2O. The van der Waals surface area contributed by atoms with Crippen LogP contribution in [0.4, 0.5) is 5.82 Å². The van der Waals surface area contributed by atoms with Crippen LogP contribution in [0.2, 0.25) is 15.1 Å². The molecule has 0 radical (unpaired) electrons. The van der Waals surface area contributed by atoms with Crippen molar-refractivity contribution in [3.63, 3.8) is 0 Å². The molecule has 2 N–H and O–H groups in total. The average molecular weight is 304 g/mol. The van der Waals surface area contributed by atoms with Gasteiger partial charge in [0.1, 0.15) is 23.2 Å². The third kappa shape index (κ3) is 2.99. The van der Waals surface area contributed by atoms with Gasteiger partial charge in [0.25, 0.3) is 0 Å². The molecule has 0 saturated carbocycles. The van der Waals surface area contributed by atoms with E-state index in [1.54, 1.807) is 30.3 Å². The van der Waals surface area contributed by atoms with E-state index >= 15 is 0 Å². The number of nitrogens with two attached hydrogens (primary N) is 1. The Balaban J connectivity index is 2.16. The summed E-state index contributed by atoms with van der Waals surface area (Å²) in [7, 11) is 0. The first-order chi connectivity index (χ1) is 8.58. The number of anilines is 1. The van der Waals surface area contributed by atoms with E-state index in [0.29, 0.717) is 32.3 Å². The summed E-state index contributed by atoms with van der Waals surface area (Å²) >= 11 is 17.9. The molecule has 0 amide bonds. The summed E-state index contributed by atoms with van der Waals surface area (Å²) in [5, 5.41) is 1.28. The second kappa shape index (κ2) is 5.65. The van der Waals surface area contributed by atoms with Gasteiger partial charge in [-0.15, -0.1) is 0 Å². The summed E-state index contributed by atoms with van der Waals surface area (Å²) in [5.74, 6) is 0.861. The highest BCUT2D eigenvalue weighted by atomic mass is 35.5. The quantitative estimate of drug-likeness (QED) is 0.924. The molecular weight excluding hydrogens is 295 g/mol. The number of aromatic nitrogens is 1. The van der Waals surface area contributed by atoms with Crippen LogP contribution in [0.5, 0.6) is 5.75 Å². The molecule has 3 nitrogen and oxygen atoms in total. The summed E-state index contributed by atoms with van der Waals surface area (Å²) in [6.07, 6.45) is 0. The molecule has 2 rings (SSSR count). The fraction of sp³-hybridized carbons (Fsp3) is 0.0833. The van der Waals surface area contributed by atoms with Gasteiger partial charge in [0.2, 0.25) is 0 Å². The van der Waals surface area contributed by atoms with Crippen LogP contribution in [0.15, 0.2) is 30.3 Å². The van der Waals surface area contributed by atoms with E-state index in [-0.39, 0.29) is 6.61 Å². The molecule has 0 saturated heterocycles. The molecule has 2 aromatic rings.